The van der Waals surface area contributed by atoms with Crippen molar-refractivity contribution >= 4 is 33.8 Å². The van der Waals surface area contributed by atoms with Crippen molar-refractivity contribution < 1.29 is 4.92 Å². The average molecular weight is 398 g/mol. The number of benzene rings is 2. The van der Waals surface area contributed by atoms with Crippen LogP contribution in [-0.4, -0.2) is 21.1 Å². The molecule has 3 rings (SSSR count). The summed E-state index contributed by atoms with van der Waals surface area (Å²) in [6, 6.07) is 14.1. The number of nitro benzene ring substituents is 1. The number of nitrogens with one attached hydrogen (secondary N) is 1. The minimum absolute atomic E-state index is 0.0140. The Hall–Kier alpha value is -3.13. The molecule has 0 amide bonds. The molecule has 1 heterocycles. The number of para-hydroxylation sites is 1. The molecule has 0 spiro atoms. The lowest BCUT2D eigenvalue weighted by Crippen LogP contribution is -1.97. The summed E-state index contributed by atoms with van der Waals surface area (Å²) in [5, 5.41) is 15.2. The molecule has 25 heavy (non-hydrogen) atoms. The second-order valence-corrected chi connectivity index (χ2v) is 5.91. The Kier molecular flexibility index (Phi) is 5.10. The van der Waals surface area contributed by atoms with E-state index in [2.05, 4.69) is 36.4 Å². The molecule has 0 aliphatic heterocycles. The van der Waals surface area contributed by atoms with Crippen molar-refractivity contribution in [3.05, 3.63) is 81.1 Å². The Morgan fingerprint density at radius 3 is 2.44 bits per heavy atom. The normalized spacial score (nSPS) is 10.8. The highest BCUT2D eigenvalue weighted by Gasteiger charge is 2.14. The Balaban J connectivity index is 1.72. The van der Waals surface area contributed by atoms with Gasteiger partial charge in [0.15, 0.2) is 0 Å². The zero-order valence-electron chi connectivity index (χ0n) is 12.8. The first-order chi connectivity index (χ1) is 12.1. The van der Waals surface area contributed by atoms with E-state index in [1.165, 1.54) is 18.5 Å². The van der Waals surface area contributed by atoms with Gasteiger partial charge in [-0.2, -0.15) is 5.10 Å². The summed E-state index contributed by atoms with van der Waals surface area (Å²) in [5.74, 6) is 0.302. The van der Waals surface area contributed by atoms with Crippen molar-refractivity contribution in [3.63, 3.8) is 0 Å². The number of hydrogen-bond donors (Lipinski definition) is 1. The maximum Gasteiger partial charge on any atom is 0.277 e. The Bertz CT molecular complexity index is 911. The third-order valence-corrected chi connectivity index (χ3v) is 3.84. The van der Waals surface area contributed by atoms with Gasteiger partial charge in [-0.15, -0.1) is 0 Å². The summed E-state index contributed by atoms with van der Waals surface area (Å²) in [6.07, 6.45) is 4.69. The fourth-order valence-corrected chi connectivity index (χ4v) is 2.38. The topological polar surface area (TPSA) is 93.3 Å². The van der Waals surface area contributed by atoms with Crippen molar-refractivity contribution in [1.29, 1.82) is 0 Å². The lowest BCUT2D eigenvalue weighted by molar-refractivity contribution is -0.384. The van der Waals surface area contributed by atoms with E-state index in [9.17, 15) is 10.1 Å². The van der Waals surface area contributed by atoms with Crippen LogP contribution in [0.4, 0.5) is 11.6 Å². The smallest absolute Gasteiger partial charge is 0.258 e. The van der Waals surface area contributed by atoms with E-state index in [1.54, 1.807) is 24.4 Å². The molecule has 124 valence electrons. The van der Waals surface area contributed by atoms with Crippen molar-refractivity contribution in [1.82, 2.24) is 9.97 Å². The van der Waals surface area contributed by atoms with Gasteiger partial charge >= 0.3 is 0 Å². The highest BCUT2D eigenvalue weighted by molar-refractivity contribution is 9.10. The summed E-state index contributed by atoms with van der Waals surface area (Å²) < 4.78 is 0.992. The zero-order valence-corrected chi connectivity index (χ0v) is 14.4. The van der Waals surface area contributed by atoms with E-state index in [0.29, 0.717) is 17.1 Å². The molecule has 7 nitrogen and oxygen atoms in total. The van der Waals surface area contributed by atoms with E-state index < -0.39 is 4.92 Å². The number of halogens is 1. The first kappa shape index (κ1) is 16.7. The summed E-state index contributed by atoms with van der Waals surface area (Å²) in [6.45, 7) is 0. The summed E-state index contributed by atoms with van der Waals surface area (Å²) >= 11 is 3.37. The number of nitro groups is 1. The van der Waals surface area contributed by atoms with Gasteiger partial charge < -0.3 is 0 Å². The summed E-state index contributed by atoms with van der Waals surface area (Å²) in [4.78, 5) is 18.9. The molecule has 8 heteroatoms. The van der Waals surface area contributed by atoms with E-state index in [-0.39, 0.29) is 5.69 Å². The zero-order chi connectivity index (χ0) is 17.6. The second kappa shape index (κ2) is 7.63. The van der Waals surface area contributed by atoms with Gasteiger partial charge in [0.2, 0.25) is 5.95 Å². The van der Waals surface area contributed by atoms with Crippen molar-refractivity contribution in [2.75, 3.05) is 5.43 Å². The molecule has 1 N–H and O–H groups in total. The van der Waals surface area contributed by atoms with Crippen LogP contribution in [-0.2, 0) is 0 Å². The average Bonchev–Trinajstić information content (AvgIpc) is 2.64. The van der Waals surface area contributed by atoms with E-state index in [4.69, 9.17) is 0 Å². The van der Waals surface area contributed by atoms with Crippen LogP contribution in [0.1, 0.15) is 5.56 Å². The lowest BCUT2D eigenvalue weighted by Gasteiger charge is -2.03. The monoisotopic (exact) mass is 397 g/mol. The van der Waals surface area contributed by atoms with Crippen LogP contribution in [0.2, 0.25) is 0 Å². The number of rotatable bonds is 5. The lowest BCUT2D eigenvalue weighted by atomic mass is 10.1. The van der Waals surface area contributed by atoms with Crippen molar-refractivity contribution in [2.45, 2.75) is 0 Å². The number of aromatic nitrogens is 2. The van der Waals surface area contributed by atoms with Gasteiger partial charge in [-0.25, -0.2) is 15.4 Å². The van der Waals surface area contributed by atoms with Crippen LogP contribution in [0.15, 0.2) is 70.5 Å². The molecule has 0 atom stereocenters. The number of hydrazone groups is 1. The molecule has 0 radical (unpaired) electrons. The Morgan fingerprint density at radius 1 is 1.08 bits per heavy atom. The van der Waals surface area contributed by atoms with Gasteiger partial charge in [-0.1, -0.05) is 40.2 Å². The van der Waals surface area contributed by atoms with Crippen LogP contribution < -0.4 is 5.43 Å². The summed E-state index contributed by atoms with van der Waals surface area (Å²) in [5.41, 5.74) is 4.70. The van der Waals surface area contributed by atoms with Gasteiger partial charge in [-0.3, -0.25) is 10.1 Å². The Morgan fingerprint density at radius 2 is 1.76 bits per heavy atom. The molecule has 0 unspecified atom stereocenters. The third-order valence-electron chi connectivity index (χ3n) is 3.31. The van der Waals surface area contributed by atoms with E-state index >= 15 is 0 Å². The predicted molar refractivity (Wildman–Crippen MR) is 99.5 cm³/mol. The molecule has 0 aliphatic rings. The van der Waals surface area contributed by atoms with Gasteiger partial charge in [0.1, 0.15) is 0 Å². The maximum atomic E-state index is 11.1. The van der Waals surface area contributed by atoms with Crippen LogP contribution in [0.3, 0.4) is 0 Å². The van der Waals surface area contributed by atoms with Crippen LogP contribution in [0, 0.1) is 10.1 Å². The second-order valence-electron chi connectivity index (χ2n) is 4.99. The molecule has 0 saturated heterocycles. The molecule has 0 aliphatic carbocycles. The van der Waals surface area contributed by atoms with E-state index in [0.717, 1.165) is 10.0 Å². The van der Waals surface area contributed by atoms with Gasteiger partial charge in [-0.05, 0) is 23.8 Å². The standard InChI is InChI=1S/C17H12BrN5O2/c18-14-7-5-12(6-8-14)9-21-22-17-19-10-13(11-20-17)15-3-1-2-4-16(15)23(24)25/h1-11H,(H,19,20,22)/b21-9+. The first-order valence-electron chi connectivity index (χ1n) is 7.24. The Labute approximate surface area is 151 Å². The van der Waals surface area contributed by atoms with Crippen LogP contribution >= 0.6 is 15.9 Å². The molecule has 2 aromatic carbocycles. The van der Waals surface area contributed by atoms with Gasteiger partial charge in [0.05, 0.1) is 16.7 Å². The SMILES string of the molecule is O=[N+]([O-])c1ccccc1-c1cnc(N/N=C/c2ccc(Br)cc2)nc1. The van der Waals surface area contributed by atoms with E-state index in [1.807, 2.05) is 24.3 Å². The van der Waals surface area contributed by atoms with Gasteiger partial charge in [0, 0.05) is 28.5 Å². The number of anilines is 1. The quantitative estimate of drug-likeness (QED) is 0.394. The molecule has 0 saturated carbocycles. The highest BCUT2D eigenvalue weighted by atomic mass is 79.9. The molecule has 0 bridgehead atoms. The largest absolute Gasteiger partial charge is 0.277 e. The van der Waals surface area contributed by atoms with Gasteiger partial charge in [0.25, 0.3) is 5.69 Å². The molecule has 3 aromatic rings. The fraction of sp³-hybridized carbons (Fsp3) is 0. The molecular weight excluding hydrogens is 386 g/mol. The highest BCUT2D eigenvalue weighted by Crippen LogP contribution is 2.28. The summed E-state index contributed by atoms with van der Waals surface area (Å²) in [7, 11) is 0. The number of nitrogens with zero attached hydrogens (tertiary/aromatic N) is 4. The van der Waals surface area contributed by atoms with Crippen LogP contribution in [0.5, 0.6) is 0 Å². The predicted octanol–water partition coefficient (Wildman–Crippen LogP) is 4.26. The molecule has 1 aromatic heterocycles. The first-order valence-corrected chi connectivity index (χ1v) is 8.03. The van der Waals surface area contributed by atoms with Crippen LogP contribution in [0.25, 0.3) is 11.1 Å². The number of hydrogen-bond acceptors (Lipinski definition) is 6. The minimum atomic E-state index is -0.427. The fourth-order valence-electron chi connectivity index (χ4n) is 2.12. The maximum absolute atomic E-state index is 11.1. The molecule has 0 fully saturated rings. The van der Waals surface area contributed by atoms with Crippen molar-refractivity contribution in [2.24, 2.45) is 5.10 Å². The molecular formula is C17H12BrN5O2. The van der Waals surface area contributed by atoms with Crippen molar-refractivity contribution in [3.8, 4) is 11.1 Å². The minimum Gasteiger partial charge on any atom is -0.258 e. The third kappa shape index (κ3) is 4.24.